The largest absolute Gasteiger partial charge is 0.450 e. The first-order valence-electron chi connectivity index (χ1n) is 10.5. The average molecular weight is 572 g/mol. The number of nitrogens with one attached hydrogen (secondary N) is 2. The van der Waals surface area contributed by atoms with Crippen LogP contribution >= 0.6 is 24.0 Å². The van der Waals surface area contributed by atoms with Gasteiger partial charge in [-0.2, -0.15) is 13.2 Å². The molecule has 0 saturated carbocycles. The molecule has 1 saturated heterocycles. The summed E-state index contributed by atoms with van der Waals surface area (Å²) in [5.41, 5.74) is 1.62. The zero-order chi connectivity index (χ0) is 22.7. The summed E-state index contributed by atoms with van der Waals surface area (Å²) in [6.07, 6.45) is -2.99. The van der Waals surface area contributed by atoms with Crippen molar-refractivity contribution < 1.29 is 27.4 Å². The van der Waals surface area contributed by atoms with Crippen molar-refractivity contribution in [2.45, 2.75) is 52.1 Å². The van der Waals surface area contributed by atoms with Crippen molar-refractivity contribution in [3.63, 3.8) is 0 Å². The number of rotatable bonds is 8. The first kappa shape index (κ1) is 28.3. The molecule has 0 aromatic heterocycles. The van der Waals surface area contributed by atoms with Crippen molar-refractivity contribution in [3.8, 4) is 0 Å². The number of nitrogens with zero attached hydrogens (tertiary/aromatic N) is 2. The highest BCUT2D eigenvalue weighted by atomic mass is 127. The van der Waals surface area contributed by atoms with E-state index in [2.05, 4.69) is 20.4 Å². The summed E-state index contributed by atoms with van der Waals surface area (Å²) in [5, 5.41) is 6.62. The lowest BCUT2D eigenvalue weighted by atomic mass is 10.1. The fraction of sp³-hybridized carbons (Fsp3) is 0.619. The van der Waals surface area contributed by atoms with Crippen LogP contribution in [0.1, 0.15) is 37.8 Å². The second kappa shape index (κ2) is 14.4. The van der Waals surface area contributed by atoms with Gasteiger partial charge in [-0.3, -0.25) is 0 Å². The third-order valence-corrected chi connectivity index (χ3v) is 4.68. The number of amides is 1. The van der Waals surface area contributed by atoms with Gasteiger partial charge in [0.1, 0.15) is 6.61 Å². The van der Waals surface area contributed by atoms with E-state index in [1.807, 2.05) is 19.1 Å². The molecular formula is C21H32F3IN4O3. The molecule has 1 heterocycles. The van der Waals surface area contributed by atoms with Gasteiger partial charge in [-0.05, 0) is 37.8 Å². The molecule has 0 radical (unpaired) electrons. The number of ether oxygens (including phenoxy) is 2. The van der Waals surface area contributed by atoms with Crippen LogP contribution in [0.25, 0.3) is 0 Å². The molecule has 1 amide bonds. The maximum absolute atomic E-state index is 12.1. The van der Waals surface area contributed by atoms with Crippen LogP contribution in [-0.2, 0) is 22.6 Å². The normalized spacial score (nSPS) is 15.2. The Balaban J connectivity index is 0.00000512. The number of carbonyl (C=O) groups excluding carboxylic acids is 1. The van der Waals surface area contributed by atoms with E-state index in [9.17, 15) is 18.0 Å². The number of aliphatic imine (C=N–C) groups is 1. The Morgan fingerprint density at radius 3 is 2.34 bits per heavy atom. The third-order valence-electron chi connectivity index (χ3n) is 4.68. The Morgan fingerprint density at radius 1 is 1.16 bits per heavy atom. The smallest absolute Gasteiger partial charge is 0.411 e. The van der Waals surface area contributed by atoms with Crippen LogP contribution in [0, 0.1) is 0 Å². The molecule has 1 aliphatic heterocycles. The van der Waals surface area contributed by atoms with Gasteiger partial charge in [0.2, 0.25) is 0 Å². The first-order chi connectivity index (χ1) is 14.8. The number of benzene rings is 1. The number of likely N-dealkylation sites (tertiary alicyclic amines) is 1. The van der Waals surface area contributed by atoms with Crippen molar-refractivity contribution >= 4 is 36.0 Å². The Bertz CT molecular complexity index is 709. The van der Waals surface area contributed by atoms with Crippen molar-refractivity contribution in [2.75, 3.05) is 32.8 Å². The molecule has 182 valence electrons. The fourth-order valence-electron chi connectivity index (χ4n) is 3.13. The molecule has 0 atom stereocenters. The molecule has 2 rings (SSSR count). The van der Waals surface area contributed by atoms with Crippen LogP contribution in [0.3, 0.4) is 0 Å². The molecule has 2 N–H and O–H groups in total. The summed E-state index contributed by atoms with van der Waals surface area (Å²) >= 11 is 0. The van der Waals surface area contributed by atoms with E-state index < -0.39 is 12.8 Å². The van der Waals surface area contributed by atoms with Crippen molar-refractivity contribution in [3.05, 3.63) is 35.4 Å². The SMILES string of the molecule is CCNC(=NCc1ccc(COCC(F)(F)F)cc1)NC1CCN(C(=O)OCC)CC1.I. The summed E-state index contributed by atoms with van der Waals surface area (Å²) < 4.78 is 46.1. The topological polar surface area (TPSA) is 75.2 Å². The predicted molar refractivity (Wildman–Crippen MR) is 127 cm³/mol. The van der Waals surface area contributed by atoms with Gasteiger partial charge in [0, 0.05) is 25.7 Å². The maximum atomic E-state index is 12.1. The predicted octanol–water partition coefficient (Wildman–Crippen LogP) is 4.06. The minimum Gasteiger partial charge on any atom is -0.450 e. The van der Waals surface area contributed by atoms with Crippen LogP contribution in [0.15, 0.2) is 29.3 Å². The van der Waals surface area contributed by atoms with Crippen LogP contribution in [-0.4, -0.2) is 62.0 Å². The third kappa shape index (κ3) is 10.7. The number of halogens is 4. The molecule has 32 heavy (non-hydrogen) atoms. The lowest BCUT2D eigenvalue weighted by Gasteiger charge is -2.32. The van der Waals surface area contributed by atoms with E-state index in [1.165, 1.54) is 0 Å². The highest BCUT2D eigenvalue weighted by molar-refractivity contribution is 14.0. The summed E-state index contributed by atoms with van der Waals surface area (Å²) in [4.78, 5) is 18.1. The van der Waals surface area contributed by atoms with E-state index in [4.69, 9.17) is 4.74 Å². The van der Waals surface area contributed by atoms with E-state index in [0.717, 1.165) is 18.4 Å². The molecule has 0 bridgehead atoms. The molecule has 7 nitrogen and oxygen atoms in total. The number of guanidine groups is 1. The van der Waals surface area contributed by atoms with E-state index in [-0.39, 0.29) is 42.7 Å². The average Bonchev–Trinajstić information content (AvgIpc) is 2.73. The summed E-state index contributed by atoms with van der Waals surface area (Å²) in [6.45, 7) is 5.21. The Kier molecular flexibility index (Phi) is 12.7. The summed E-state index contributed by atoms with van der Waals surface area (Å²) in [6, 6.07) is 7.35. The van der Waals surface area contributed by atoms with Crippen LogP contribution in [0.4, 0.5) is 18.0 Å². The van der Waals surface area contributed by atoms with Crippen LogP contribution < -0.4 is 10.6 Å². The van der Waals surface area contributed by atoms with Gasteiger partial charge in [-0.15, -0.1) is 24.0 Å². The van der Waals surface area contributed by atoms with Gasteiger partial charge < -0.3 is 25.0 Å². The first-order valence-corrected chi connectivity index (χ1v) is 10.5. The van der Waals surface area contributed by atoms with Gasteiger partial charge >= 0.3 is 12.3 Å². The lowest BCUT2D eigenvalue weighted by molar-refractivity contribution is -0.176. The van der Waals surface area contributed by atoms with E-state index in [1.54, 1.807) is 24.0 Å². The Hall–Kier alpha value is -1.76. The van der Waals surface area contributed by atoms with Crippen molar-refractivity contribution in [1.82, 2.24) is 15.5 Å². The van der Waals surface area contributed by atoms with Gasteiger partial charge in [0.25, 0.3) is 0 Å². The highest BCUT2D eigenvalue weighted by Crippen LogP contribution is 2.16. The van der Waals surface area contributed by atoms with Crippen LogP contribution in [0.2, 0.25) is 0 Å². The van der Waals surface area contributed by atoms with Crippen molar-refractivity contribution in [2.24, 2.45) is 4.99 Å². The van der Waals surface area contributed by atoms with Gasteiger partial charge in [-0.1, -0.05) is 24.3 Å². The number of hydrogen-bond donors (Lipinski definition) is 2. The van der Waals surface area contributed by atoms with Crippen molar-refractivity contribution in [1.29, 1.82) is 0 Å². The molecule has 0 unspecified atom stereocenters. The monoisotopic (exact) mass is 572 g/mol. The zero-order valence-corrected chi connectivity index (χ0v) is 20.7. The maximum Gasteiger partial charge on any atom is 0.411 e. The van der Waals surface area contributed by atoms with E-state index in [0.29, 0.717) is 44.3 Å². The molecule has 1 aliphatic rings. The number of piperidine rings is 1. The van der Waals surface area contributed by atoms with Gasteiger partial charge in [0.15, 0.2) is 5.96 Å². The van der Waals surface area contributed by atoms with Crippen LogP contribution in [0.5, 0.6) is 0 Å². The van der Waals surface area contributed by atoms with Gasteiger partial charge in [-0.25, -0.2) is 9.79 Å². The number of alkyl halides is 3. The Morgan fingerprint density at radius 2 is 1.78 bits per heavy atom. The quantitative estimate of drug-likeness (QED) is 0.279. The van der Waals surface area contributed by atoms with Gasteiger partial charge in [0.05, 0.1) is 19.8 Å². The fourth-order valence-corrected chi connectivity index (χ4v) is 3.13. The molecule has 0 aliphatic carbocycles. The zero-order valence-electron chi connectivity index (χ0n) is 18.4. The summed E-state index contributed by atoms with van der Waals surface area (Å²) in [5.74, 6) is 0.690. The molecular weight excluding hydrogens is 540 g/mol. The highest BCUT2D eigenvalue weighted by Gasteiger charge is 2.27. The number of carbonyl (C=O) groups is 1. The minimum atomic E-state index is -4.32. The molecule has 0 spiro atoms. The molecule has 1 aromatic rings. The number of hydrogen-bond acceptors (Lipinski definition) is 4. The second-order valence-corrected chi connectivity index (χ2v) is 7.22. The summed E-state index contributed by atoms with van der Waals surface area (Å²) in [7, 11) is 0. The standard InChI is InChI=1S/C21H31F3N4O3.HI/c1-3-25-19(27-18-9-11-28(12-10-18)20(29)31-4-2)26-13-16-5-7-17(8-6-16)14-30-15-21(22,23)24;/h5-8,18H,3-4,9-15H2,1-2H3,(H2,25,26,27);1H. The lowest BCUT2D eigenvalue weighted by Crippen LogP contribution is -2.49. The molecule has 11 heteroatoms. The second-order valence-electron chi connectivity index (χ2n) is 7.22. The Labute approximate surface area is 204 Å². The molecule has 1 fully saturated rings. The molecule has 1 aromatic carbocycles. The van der Waals surface area contributed by atoms with E-state index >= 15 is 0 Å². The minimum absolute atomic E-state index is 0.